The van der Waals surface area contributed by atoms with Gasteiger partial charge in [-0.3, -0.25) is 14.7 Å². The number of fused-ring (bicyclic) bond motifs is 1. The molecule has 2 fully saturated rings. The number of aromatic nitrogens is 3. The molecule has 1 amide bonds. The van der Waals surface area contributed by atoms with Crippen molar-refractivity contribution in [3.8, 4) is 0 Å². The molecule has 1 atom stereocenters. The Hall–Kier alpha value is -2.15. The molecule has 2 aliphatic rings. The summed E-state index contributed by atoms with van der Waals surface area (Å²) in [7, 11) is 0. The Morgan fingerprint density at radius 1 is 1.24 bits per heavy atom. The molecule has 0 aliphatic carbocycles. The predicted octanol–water partition coefficient (Wildman–Crippen LogP) is 1.61. The lowest BCUT2D eigenvalue weighted by molar-refractivity contribution is -0.147. The molecule has 0 radical (unpaired) electrons. The number of aromatic amines is 1. The van der Waals surface area contributed by atoms with Crippen LogP contribution in [0.15, 0.2) is 16.9 Å². The molecule has 0 spiro atoms. The zero-order valence-corrected chi connectivity index (χ0v) is 14.5. The second-order valence-electron chi connectivity index (χ2n) is 7.11. The normalized spacial score (nSPS) is 22.4. The number of carbonyl (C=O) groups is 1. The first kappa shape index (κ1) is 16.3. The highest BCUT2D eigenvalue weighted by Crippen LogP contribution is 2.27. The van der Waals surface area contributed by atoms with Crippen molar-refractivity contribution in [1.29, 1.82) is 0 Å². The first-order valence-corrected chi connectivity index (χ1v) is 9.11. The van der Waals surface area contributed by atoms with Gasteiger partial charge in [0.25, 0.3) is 11.5 Å². The molecule has 1 N–H and O–H groups in total. The van der Waals surface area contributed by atoms with E-state index < -0.39 is 0 Å². The van der Waals surface area contributed by atoms with Crippen molar-refractivity contribution in [3.05, 3.63) is 33.9 Å². The van der Waals surface area contributed by atoms with Crippen molar-refractivity contribution in [2.24, 2.45) is 0 Å². The topological polar surface area (TPSA) is 79.7 Å². The van der Waals surface area contributed by atoms with Crippen LogP contribution in [0.2, 0.25) is 0 Å². The van der Waals surface area contributed by atoms with Crippen LogP contribution < -0.4 is 5.56 Å². The van der Waals surface area contributed by atoms with Crippen molar-refractivity contribution in [2.45, 2.75) is 51.0 Å². The number of rotatable bonds is 2. The second-order valence-corrected chi connectivity index (χ2v) is 7.11. The minimum Gasteiger partial charge on any atom is -0.368 e. The molecule has 2 aromatic heterocycles. The van der Waals surface area contributed by atoms with Crippen molar-refractivity contribution >= 4 is 11.6 Å². The first-order valence-electron chi connectivity index (χ1n) is 9.11. The zero-order valence-electron chi connectivity index (χ0n) is 14.5. The number of amides is 1. The van der Waals surface area contributed by atoms with E-state index in [2.05, 4.69) is 10.1 Å². The summed E-state index contributed by atoms with van der Waals surface area (Å²) < 4.78 is 7.09. The van der Waals surface area contributed by atoms with Gasteiger partial charge >= 0.3 is 0 Å². The largest absolute Gasteiger partial charge is 0.368 e. The van der Waals surface area contributed by atoms with E-state index in [-0.39, 0.29) is 23.5 Å². The van der Waals surface area contributed by atoms with Gasteiger partial charge in [-0.05, 0) is 39.0 Å². The van der Waals surface area contributed by atoms with Crippen molar-refractivity contribution in [3.63, 3.8) is 0 Å². The summed E-state index contributed by atoms with van der Waals surface area (Å²) in [5.74, 6) is 0.354. The Labute approximate surface area is 146 Å². The van der Waals surface area contributed by atoms with Crippen LogP contribution in [-0.2, 0) is 9.53 Å². The van der Waals surface area contributed by atoms with Crippen LogP contribution in [0.1, 0.15) is 49.4 Å². The van der Waals surface area contributed by atoms with Gasteiger partial charge in [0.15, 0.2) is 5.65 Å². The summed E-state index contributed by atoms with van der Waals surface area (Å²) in [6.45, 7) is 4.01. The van der Waals surface area contributed by atoms with E-state index in [1.54, 1.807) is 6.07 Å². The van der Waals surface area contributed by atoms with Crippen LogP contribution in [0.5, 0.6) is 0 Å². The van der Waals surface area contributed by atoms with Crippen LogP contribution in [0.3, 0.4) is 0 Å². The molecule has 7 heteroatoms. The summed E-state index contributed by atoms with van der Waals surface area (Å²) in [6.07, 6.45) is 4.37. The molecule has 134 valence electrons. The maximum Gasteiger partial charge on any atom is 0.272 e. The summed E-state index contributed by atoms with van der Waals surface area (Å²) in [5.41, 5.74) is 2.33. The number of likely N-dealkylation sites (tertiary alicyclic amines) is 1. The fraction of sp³-hybridized carbons (Fsp3) is 0.611. The summed E-state index contributed by atoms with van der Waals surface area (Å²) in [6, 6.07) is 3.50. The summed E-state index contributed by atoms with van der Waals surface area (Å²) in [4.78, 5) is 31.4. The first-order chi connectivity index (χ1) is 12.1. The van der Waals surface area contributed by atoms with Gasteiger partial charge in [-0.1, -0.05) is 0 Å². The third-order valence-corrected chi connectivity index (χ3v) is 5.28. The molecular weight excluding hydrogens is 320 g/mol. The molecule has 25 heavy (non-hydrogen) atoms. The monoisotopic (exact) mass is 344 g/mol. The van der Waals surface area contributed by atoms with E-state index >= 15 is 0 Å². The molecular formula is C18H24N4O3. The number of hydrogen-bond acceptors (Lipinski definition) is 4. The van der Waals surface area contributed by atoms with Gasteiger partial charge in [-0.2, -0.15) is 0 Å². The van der Waals surface area contributed by atoms with Gasteiger partial charge in [-0.25, -0.2) is 9.50 Å². The van der Waals surface area contributed by atoms with Crippen LogP contribution in [-0.4, -0.2) is 51.2 Å². The van der Waals surface area contributed by atoms with Gasteiger partial charge in [0.1, 0.15) is 6.10 Å². The lowest BCUT2D eigenvalue weighted by Crippen LogP contribution is -2.45. The highest BCUT2D eigenvalue weighted by atomic mass is 16.5. The lowest BCUT2D eigenvalue weighted by atomic mass is 9.92. The zero-order chi connectivity index (χ0) is 17.4. The van der Waals surface area contributed by atoms with Crippen molar-refractivity contribution in [2.75, 3.05) is 19.7 Å². The number of piperidine rings is 1. The minimum atomic E-state index is -0.257. The molecule has 2 saturated heterocycles. The number of ether oxygens (including phenoxy) is 1. The third kappa shape index (κ3) is 3.20. The molecule has 0 unspecified atom stereocenters. The number of hydrogen-bond donors (Lipinski definition) is 1. The van der Waals surface area contributed by atoms with E-state index in [4.69, 9.17) is 4.74 Å². The molecule has 4 rings (SSSR count). The maximum atomic E-state index is 12.6. The Morgan fingerprint density at radius 3 is 2.76 bits per heavy atom. The average Bonchev–Trinajstić information content (AvgIpc) is 3.03. The fourth-order valence-corrected chi connectivity index (χ4v) is 3.87. The molecule has 4 heterocycles. The van der Waals surface area contributed by atoms with E-state index in [1.165, 1.54) is 4.52 Å². The van der Waals surface area contributed by atoms with E-state index in [1.807, 2.05) is 17.9 Å². The smallest absolute Gasteiger partial charge is 0.272 e. The Balaban J connectivity index is 1.45. The third-order valence-electron chi connectivity index (χ3n) is 5.28. The standard InChI is InChI=1S/C18H24N4O3/c1-12-10-16-19-14(11-17(23)22(16)20-12)13-5-7-21(8-6-13)18(24)15-4-2-3-9-25-15/h10-11,13,15,20H,2-9H2,1H3/t15-/m0/s1. The second kappa shape index (κ2) is 6.63. The van der Waals surface area contributed by atoms with Gasteiger partial charge < -0.3 is 9.64 Å². The van der Waals surface area contributed by atoms with Gasteiger partial charge in [0.05, 0.1) is 5.69 Å². The quantitative estimate of drug-likeness (QED) is 0.897. The van der Waals surface area contributed by atoms with Gasteiger partial charge in [-0.15, -0.1) is 0 Å². The molecule has 0 aromatic carbocycles. The number of nitrogens with one attached hydrogen (secondary N) is 1. The Kier molecular flexibility index (Phi) is 4.33. The van der Waals surface area contributed by atoms with Crippen LogP contribution in [0.4, 0.5) is 0 Å². The van der Waals surface area contributed by atoms with Gasteiger partial charge in [0.2, 0.25) is 0 Å². The highest BCUT2D eigenvalue weighted by Gasteiger charge is 2.30. The number of H-pyrrole nitrogens is 1. The fourth-order valence-electron chi connectivity index (χ4n) is 3.87. The van der Waals surface area contributed by atoms with Crippen LogP contribution in [0.25, 0.3) is 5.65 Å². The lowest BCUT2D eigenvalue weighted by Gasteiger charge is -2.34. The van der Waals surface area contributed by atoms with E-state index in [9.17, 15) is 9.59 Å². The number of nitrogens with zero attached hydrogens (tertiary/aromatic N) is 3. The molecule has 0 saturated carbocycles. The predicted molar refractivity (Wildman–Crippen MR) is 92.7 cm³/mol. The SMILES string of the molecule is Cc1cc2nc(C3CCN(C(=O)[C@@H]4CCCCO4)CC3)cc(=O)n2[nH]1. The number of carbonyl (C=O) groups excluding carboxylic acids is 1. The molecule has 7 nitrogen and oxygen atoms in total. The van der Waals surface area contributed by atoms with E-state index in [0.29, 0.717) is 25.3 Å². The van der Waals surface area contributed by atoms with Crippen molar-refractivity contribution < 1.29 is 9.53 Å². The van der Waals surface area contributed by atoms with E-state index in [0.717, 1.165) is 43.5 Å². The van der Waals surface area contributed by atoms with Gasteiger partial charge in [0, 0.05) is 43.4 Å². The van der Waals surface area contributed by atoms with Crippen LogP contribution in [0, 0.1) is 6.92 Å². The highest BCUT2D eigenvalue weighted by molar-refractivity contribution is 5.81. The minimum absolute atomic E-state index is 0.0813. The summed E-state index contributed by atoms with van der Waals surface area (Å²) in [5, 5.41) is 2.99. The van der Waals surface area contributed by atoms with Crippen molar-refractivity contribution in [1.82, 2.24) is 19.5 Å². The molecule has 2 aromatic rings. The average molecular weight is 344 g/mol. The van der Waals surface area contributed by atoms with Crippen LogP contribution >= 0.6 is 0 Å². The Bertz CT molecular complexity index is 826. The maximum absolute atomic E-state index is 12.6. The molecule has 0 bridgehead atoms. The molecule has 2 aliphatic heterocycles. The number of aryl methyl sites for hydroxylation is 1. The Morgan fingerprint density at radius 2 is 2.04 bits per heavy atom. The summed E-state index contributed by atoms with van der Waals surface area (Å²) >= 11 is 0.